The van der Waals surface area contributed by atoms with Gasteiger partial charge in [-0.25, -0.2) is 8.42 Å². The molecular weight excluding hydrogens is 372 g/mol. The molecule has 0 atom stereocenters. The maximum atomic E-state index is 12.7. The van der Waals surface area contributed by atoms with Crippen LogP contribution in [0.1, 0.15) is 53.6 Å². The molecule has 28 heavy (non-hydrogen) atoms. The normalized spacial score (nSPS) is 15.2. The van der Waals surface area contributed by atoms with Crippen molar-refractivity contribution in [1.82, 2.24) is 4.90 Å². The van der Waals surface area contributed by atoms with Gasteiger partial charge in [-0.15, -0.1) is 0 Å². The van der Waals surface area contributed by atoms with Crippen molar-refractivity contribution in [2.45, 2.75) is 56.9 Å². The van der Waals surface area contributed by atoms with Gasteiger partial charge in [-0.3, -0.25) is 9.52 Å². The highest BCUT2D eigenvalue weighted by molar-refractivity contribution is 7.92. The highest BCUT2D eigenvalue weighted by atomic mass is 32.2. The van der Waals surface area contributed by atoms with Gasteiger partial charge in [-0.2, -0.15) is 0 Å². The summed E-state index contributed by atoms with van der Waals surface area (Å²) in [7, 11) is -1.81. The summed E-state index contributed by atoms with van der Waals surface area (Å²) in [4.78, 5) is 14.8. The smallest absolute Gasteiger partial charge is 0.261 e. The summed E-state index contributed by atoms with van der Waals surface area (Å²) >= 11 is 0. The zero-order valence-corrected chi connectivity index (χ0v) is 17.6. The molecule has 2 aromatic rings. The number of nitrogens with one attached hydrogen (secondary N) is 1. The fourth-order valence-electron chi connectivity index (χ4n) is 3.61. The molecule has 1 amide bonds. The van der Waals surface area contributed by atoms with Crippen LogP contribution < -0.4 is 4.72 Å². The number of carbonyl (C=O) groups excluding carboxylic acids is 1. The van der Waals surface area contributed by atoms with E-state index in [4.69, 9.17) is 0 Å². The second kappa shape index (κ2) is 8.35. The van der Waals surface area contributed by atoms with E-state index in [1.807, 2.05) is 25.8 Å². The first kappa shape index (κ1) is 20.4. The number of anilines is 1. The largest absolute Gasteiger partial charge is 0.339 e. The Morgan fingerprint density at radius 1 is 0.964 bits per heavy atom. The fourth-order valence-corrected chi connectivity index (χ4v) is 4.76. The Kier molecular flexibility index (Phi) is 6.08. The van der Waals surface area contributed by atoms with E-state index >= 15 is 0 Å². The molecule has 0 unspecified atom stereocenters. The van der Waals surface area contributed by atoms with Crippen LogP contribution in [0.3, 0.4) is 0 Å². The highest BCUT2D eigenvalue weighted by Crippen LogP contribution is 2.24. The molecule has 0 aliphatic heterocycles. The molecule has 0 radical (unpaired) electrons. The number of benzene rings is 2. The molecule has 0 saturated heterocycles. The molecule has 2 aromatic carbocycles. The molecule has 6 heteroatoms. The van der Waals surface area contributed by atoms with Crippen molar-refractivity contribution in [3.63, 3.8) is 0 Å². The lowest BCUT2D eigenvalue weighted by atomic mass is 9.94. The van der Waals surface area contributed by atoms with Crippen molar-refractivity contribution in [2.24, 2.45) is 0 Å². The van der Waals surface area contributed by atoms with Crippen molar-refractivity contribution >= 4 is 21.6 Å². The molecule has 3 rings (SSSR count). The monoisotopic (exact) mass is 400 g/mol. The van der Waals surface area contributed by atoms with Gasteiger partial charge in [-0.1, -0.05) is 25.3 Å². The van der Waals surface area contributed by atoms with Crippen LogP contribution in [0.5, 0.6) is 0 Å². The third kappa shape index (κ3) is 4.55. The van der Waals surface area contributed by atoms with Gasteiger partial charge in [-0.05, 0) is 74.2 Å². The Balaban J connectivity index is 1.71. The topological polar surface area (TPSA) is 66.5 Å². The maximum absolute atomic E-state index is 12.7. The lowest BCUT2D eigenvalue weighted by molar-refractivity contribution is 0.0696. The standard InChI is InChI=1S/C22H28N2O3S/c1-16-9-14-21(15-17(16)2)28(26,27)23-19-12-10-18(11-13-19)22(25)24(3)20-7-5-4-6-8-20/h9-15,20,23H,4-8H2,1-3H3. The van der Waals surface area contributed by atoms with E-state index in [2.05, 4.69) is 4.72 Å². The van der Waals surface area contributed by atoms with E-state index in [1.54, 1.807) is 42.5 Å². The van der Waals surface area contributed by atoms with Crippen LogP contribution in [-0.4, -0.2) is 32.3 Å². The summed E-state index contributed by atoms with van der Waals surface area (Å²) in [5.74, 6) is -0.0181. The number of hydrogen-bond donors (Lipinski definition) is 1. The summed E-state index contributed by atoms with van der Waals surface area (Å²) < 4.78 is 27.8. The molecule has 1 N–H and O–H groups in total. The fraction of sp³-hybridized carbons (Fsp3) is 0.409. The third-order valence-corrected chi connectivity index (χ3v) is 6.99. The van der Waals surface area contributed by atoms with Crippen molar-refractivity contribution < 1.29 is 13.2 Å². The Bertz CT molecular complexity index is 946. The molecule has 0 aromatic heterocycles. The van der Waals surface area contributed by atoms with Gasteiger partial charge in [0.05, 0.1) is 4.90 Å². The van der Waals surface area contributed by atoms with Crippen LogP contribution in [0.2, 0.25) is 0 Å². The van der Waals surface area contributed by atoms with Crippen molar-refractivity contribution in [3.05, 3.63) is 59.2 Å². The molecular formula is C22H28N2O3S. The van der Waals surface area contributed by atoms with Crippen molar-refractivity contribution in [1.29, 1.82) is 0 Å². The Labute approximate surface area is 167 Å². The average molecular weight is 401 g/mol. The zero-order valence-electron chi connectivity index (χ0n) is 16.7. The number of hydrogen-bond acceptors (Lipinski definition) is 3. The first-order valence-electron chi connectivity index (χ1n) is 9.75. The molecule has 5 nitrogen and oxygen atoms in total. The van der Waals surface area contributed by atoms with Gasteiger partial charge in [0, 0.05) is 24.3 Å². The number of amides is 1. The summed E-state index contributed by atoms with van der Waals surface area (Å²) in [5.41, 5.74) is 2.98. The van der Waals surface area contributed by atoms with E-state index < -0.39 is 10.0 Å². The molecule has 0 bridgehead atoms. The van der Waals surface area contributed by atoms with Gasteiger partial charge in [0.2, 0.25) is 0 Å². The minimum absolute atomic E-state index is 0.0181. The lowest BCUT2D eigenvalue weighted by Crippen LogP contribution is -2.38. The van der Waals surface area contributed by atoms with Crippen LogP contribution in [0.25, 0.3) is 0 Å². The minimum Gasteiger partial charge on any atom is -0.339 e. The summed E-state index contributed by atoms with van der Waals surface area (Å²) in [6, 6.07) is 12.0. The zero-order chi connectivity index (χ0) is 20.3. The van der Waals surface area contributed by atoms with Crippen LogP contribution in [0.4, 0.5) is 5.69 Å². The molecule has 0 spiro atoms. The van der Waals surface area contributed by atoms with E-state index in [1.165, 1.54) is 19.3 Å². The SMILES string of the molecule is Cc1ccc(S(=O)(=O)Nc2ccc(C(=O)N(C)C3CCCCC3)cc2)cc1C. The van der Waals surface area contributed by atoms with E-state index in [9.17, 15) is 13.2 Å². The number of sulfonamides is 1. The predicted molar refractivity (Wildman–Crippen MR) is 112 cm³/mol. The number of rotatable bonds is 5. The highest BCUT2D eigenvalue weighted by Gasteiger charge is 2.23. The van der Waals surface area contributed by atoms with E-state index in [-0.39, 0.29) is 10.8 Å². The molecule has 1 aliphatic carbocycles. The Hall–Kier alpha value is -2.34. The predicted octanol–water partition coefficient (Wildman–Crippen LogP) is 4.51. The third-order valence-electron chi connectivity index (χ3n) is 5.62. The van der Waals surface area contributed by atoms with Gasteiger partial charge >= 0.3 is 0 Å². The molecule has 0 heterocycles. The lowest BCUT2D eigenvalue weighted by Gasteiger charge is -2.31. The second-order valence-electron chi connectivity index (χ2n) is 7.64. The summed E-state index contributed by atoms with van der Waals surface area (Å²) in [5, 5.41) is 0. The molecule has 150 valence electrons. The van der Waals surface area contributed by atoms with Crippen molar-refractivity contribution in [2.75, 3.05) is 11.8 Å². The maximum Gasteiger partial charge on any atom is 0.261 e. The number of aryl methyl sites for hydroxylation is 2. The minimum atomic E-state index is -3.66. The summed E-state index contributed by atoms with van der Waals surface area (Å²) in [6.45, 7) is 3.83. The van der Waals surface area contributed by atoms with E-state index in [0.717, 1.165) is 24.0 Å². The number of nitrogens with zero attached hydrogens (tertiary/aromatic N) is 1. The van der Waals surface area contributed by atoms with Gasteiger partial charge < -0.3 is 4.90 Å². The molecule has 1 saturated carbocycles. The van der Waals surface area contributed by atoms with Gasteiger partial charge in [0.25, 0.3) is 15.9 Å². The average Bonchev–Trinajstić information content (AvgIpc) is 2.70. The van der Waals surface area contributed by atoms with Crippen LogP contribution in [-0.2, 0) is 10.0 Å². The van der Waals surface area contributed by atoms with Crippen LogP contribution in [0, 0.1) is 13.8 Å². The van der Waals surface area contributed by atoms with Gasteiger partial charge in [0.1, 0.15) is 0 Å². The van der Waals surface area contributed by atoms with Crippen molar-refractivity contribution in [3.8, 4) is 0 Å². The van der Waals surface area contributed by atoms with Crippen LogP contribution >= 0.6 is 0 Å². The molecule has 1 aliphatic rings. The first-order valence-corrected chi connectivity index (χ1v) is 11.2. The first-order chi connectivity index (χ1) is 13.3. The Morgan fingerprint density at radius 2 is 1.61 bits per heavy atom. The second-order valence-corrected chi connectivity index (χ2v) is 9.32. The van der Waals surface area contributed by atoms with Crippen LogP contribution in [0.15, 0.2) is 47.4 Å². The van der Waals surface area contributed by atoms with Gasteiger partial charge in [0.15, 0.2) is 0 Å². The Morgan fingerprint density at radius 3 is 2.21 bits per heavy atom. The molecule has 1 fully saturated rings. The van der Waals surface area contributed by atoms with E-state index in [0.29, 0.717) is 17.3 Å². The number of carbonyl (C=O) groups is 1. The quantitative estimate of drug-likeness (QED) is 0.803. The summed E-state index contributed by atoms with van der Waals surface area (Å²) in [6.07, 6.45) is 5.68.